The minimum absolute atomic E-state index is 0.139. The van der Waals surface area contributed by atoms with Crippen LogP contribution in [0.3, 0.4) is 0 Å². The van der Waals surface area contributed by atoms with Crippen molar-refractivity contribution in [3.05, 3.63) is 0 Å². The minimum atomic E-state index is -1.14. The summed E-state index contributed by atoms with van der Waals surface area (Å²) in [6, 6.07) is 0. The quantitative estimate of drug-likeness (QED) is 0.562. The summed E-state index contributed by atoms with van der Waals surface area (Å²) in [6.07, 6.45) is 0. The van der Waals surface area contributed by atoms with Gasteiger partial charge in [-0.15, -0.1) is 0 Å². The normalized spacial score (nSPS) is 9.27. The van der Waals surface area contributed by atoms with E-state index in [1.165, 1.54) is 0 Å². The van der Waals surface area contributed by atoms with Gasteiger partial charge in [0.15, 0.2) is 18.8 Å². The fourth-order valence-corrected chi connectivity index (χ4v) is 0. The maximum Gasteiger partial charge on any atom is 0.166 e. The zero-order valence-electron chi connectivity index (χ0n) is 8.76. The molecular weight excluding hydrogens is 188 g/mol. The molecule has 0 aromatic rings. The highest BCUT2D eigenvalue weighted by Gasteiger charge is 1.74. The van der Waals surface area contributed by atoms with Gasteiger partial charge >= 0.3 is 0 Å². The Bertz CT molecular complexity index is 39.6. The van der Waals surface area contributed by atoms with Gasteiger partial charge in [0.05, 0.1) is 0 Å². The lowest BCUT2D eigenvalue weighted by atomic mass is 11.8. The van der Waals surface area contributed by atoms with Gasteiger partial charge in [-0.25, -0.2) is 0 Å². The van der Waals surface area contributed by atoms with Gasteiger partial charge in [0.25, 0.3) is 0 Å². The van der Waals surface area contributed by atoms with E-state index in [0.717, 1.165) is 0 Å². The predicted octanol–water partition coefficient (Wildman–Crippen LogP) is 0.176. The molecule has 0 rings (SSSR count). The van der Waals surface area contributed by atoms with Crippen LogP contribution in [-0.4, -0.2) is 37.2 Å². The topological polar surface area (TPSA) is 40.5 Å². The van der Waals surface area contributed by atoms with E-state index in [2.05, 4.69) is 19.6 Å². The second-order valence-corrected chi connectivity index (χ2v) is 9.43. The molecule has 0 aliphatic heterocycles. The Kier molecular flexibility index (Phi) is 27.0. The molecule has 72 valence electrons. The Labute approximate surface area is 76.9 Å². The van der Waals surface area contributed by atoms with Gasteiger partial charge in [-0.3, -0.25) is 0 Å². The summed E-state index contributed by atoms with van der Waals surface area (Å²) in [5.41, 5.74) is 0. The molecule has 5 heteroatoms. The lowest BCUT2D eigenvalue weighted by Gasteiger charge is -1.76. The summed E-state index contributed by atoms with van der Waals surface area (Å²) in [6.45, 7) is 12.5. The van der Waals surface area contributed by atoms with Gasteiger partial charge in [0, 0.05) is 8.80 Å². The predicted molar refractivity (Wildman–Crippen MR) is 62.5 cm³/mol. The zero-order valence-corrected chi connectivity index (χ0v) is 12.5. The van der Waals surface area contributed by atoms with Crippen LogP contribution < -0.4 is 0 Å². The van der Waals surface area contributed by atoms with Gasteiger partial charge in [0.2, 0.25) is 0 Å². The Morgan fingerprint density at radius 2 is 1.00 bits per heavy atom. The number of hydrogen-bond acceptors (Lipinski definition) is 2. The summed E-state index contributed by atoms with van der Waals surface area (Å²) < 4.78 is 0. The Morgan fingerprint density at radius 3 is 1.00 bits per heavy atom. The smallest absolute Gasteiger partial charge is 0.166 e. The fourth-order valence-electron chi connectivity index (χ4n) is 0. The van der Waals surface area contributed by atoms with Crippen LogP contribution in [0, 0.1) is 0 Å². The summed E-state index contributed by atoms with van der Waals surface area (Å²) in [4.78, 5) is 15.9. The summed E-state index contributed by atoms with van der Waals surface area (Å²) in [5, 5.41) is 0. The molecule has 0 saturated carbocycles. The standard InChI is InChI=1S/C3H10Si.C2H8OSi.CH6OSi/c2*1-4(2)3;1-3-2/h4H,1-3H3;3-4H,1-2H3;2H,3H2,1H3. The third kappa shape index (κ3) is 2380. The van der Waals surface area contributed by atoms with Crippen LogP contribution >= 0.6 is 0 Å². The highest BCUT2D eigenvalue weighted by Crippen LogP contribution is 1.68. The van der Waals surface area contributed by atoms with Crippen molar-refractivity contribution in [2.45, 2.75) is 39.3 Å². The van der Waals surface area contributed by atoms with Crippen molar-refractivity contribution in [3.8, 4) is 0 Å². The van der Waals surface area contributed by atoms with Crippen molar-refractivity contribution >= 4 is 27.6 Å². The molecule has 0 bridgehead atoms. The third-order valence-electron chi connectivity index (χ3n) is 0. The SMILES string of the molecule is C[SiH2]O.C[SiH](C)C.C[SiH](C)O. The molecule has 0 radical (unpaired) electrons. The van der Waals surface area contributed by atoms with Gasteiger partial charge in [0.1, 0.15) is 0 Å². The highest BCUT2D eigenvalue weighted by molar-refractivity contribution is 6.54. The first-order chi connectivity index (χ1) is 4.88. The lowest BCUT2D eigenvalue weighted by molar-refractivity contribution is 0.587. The molecule has 0 aromatic heterocycles. The second kappa shape index (κ2) is 16.9. The van der Waals surface area contributed by atoms with Crippen molar-refractivity contribution in [2.24, 2.45) is 0 Å². The molecule has 0 fully saturated rings. The van der Waals surface area contributed by atoms with E-state index in [1.54, 1.807) is 0 Å². The first kappa shape index (κ1) is 17.6. The molecule has 0 aliphatic carbocycles. The van der Waals surface area contributed by atoms with Crippen molar-refractivity contribution in [1.82, 2.24) is 0 Å². The zero-order chi connectivity index (χ0) is 9.86. The van der Waals surface area contributed by atoms with E-state index in [0.29, 0.717) is 0 Å². The molecule has 0 atom stereocenters. The average molecular weight is 213 g/mol. The van der Waals surface area contributed by atoms with Crippen molar-refractivity contribution in [3.63, 3.8) is 0 Å². The van der Waals surface area contributed by atoms with Gasteiger partial charge in [-0.2, -0.15) is 0 Å². The number of rotatable bonds is 0. The molecule has 0 aliphatic rings. The van der Waals surface area contributed by atoms with Crippen LogP contribution in [0.1, 0.15) is 0 Å². The first-order valence-corrected chi connectivity index (χ1v) is 12.5. The average Bonchev–Trinajstić information content (AvgIpc) is 1.60. The fraction of sp³-hybridized carbons (Fsp3) is 1.00. The Hall–Kier alpha value is 0.571. The van der Waals surface area contributed by atoms with E-state index in [9.17, 15) is 0 Å². The molecule has 0 amide bonds. The Morgan fingerprint density at radius 1 is 1.00 bits per heavy atom. The van der Waals surface area contributed by atoms with Crippen LogP contribution in [0.15, 0.2) is 0 Å². The molecule has 2 N–H and O–H groups in total. The molecule has 0 spiro atoms. The van der Waals surface area contributed by atoms with E-state index in [4.69, 9.17) is 9.59 Å². The molecule has 0 aromatic carbocycles. The van der Waals surface area contributed by atoms with E-state index < -0.39 is 18.8 Å². The van der Waals surface area contributed by atoms with Gasteiger partial charge in [-0.05, 0) is 13.1 Å². The maximum absolute atomic E-state index is 8.19. The van der Waals surface area contributed by atoms with Crippen LogP contribution in [0.2, 0.25) is 39.3 Å². The van der Waals surface area contributed by atoms with Crippen LogP contribution in [0.5, 0.6) is 0 Å². The summed E-state index contributed by atoms with van der Waals surface area (Å²) in [7, 11) is -1.86. The van der Waals surface area contributed by atoms with Crippen molar-refractivity contribution in [2.75, 3.05) is 0 Å². The third-order valence-corrected chi connectivity index (χ3v) is 0. The molecule has 2 nitrogen and oxygen atoms in total. The van der Waals surface area contributed by atoms with Gasteiger partial charge < -0.3 is 9.59 Å². The summed E-state index contributed by atoms with van der Waals surface area (Å²) >= 11 is 0. The van der Waals surface area contributed by atoms with Gasteiger partial charge in [-0.1, -0.05) is 26.2 Å². The molecule has 0 saturated heterocycles. The van der Waals surface area contributed by atoms with Crippen LogP contribution in [0.25, 0.3) is 0 Å². The van der Waals surface area contributed by atoms with Crippen molar-refractivity contribution < 1.29 is 9.59 Å². The van der Waals surface area contributed by atoms with Crippen LogP contribution in [0.4, 0.5) is 0 Å². The largest absolute Gasteiger partial charge is 0.438 e. The molecule has 0 unspecified atom stereocenters. The van der Waals surface area contributed by atoms with E-state index in [1.807, 2.05) is 19.6 Å². The monoisotopic (exact) mass is 212 g/mol. The molecular formula is C6H24O2Si3. The molecule has 0 heterocycles. The Balaban J connectivity index is -0.0000000886. The van der Waals surface area contributed by atoms with Crippen molar-refractivity contribution in [1.29, 1.82) is 0 Å². The second-order valence-electron chi connectivity index (χ2n) is 3.14. The van der Waals surface area contributed by atoms with E-state index >= 15 is 0 Å². The first-order valence-electron chi connectivity index (χ1n) is 4.17. The molecule has 11 heavy (non-hydrogen) atoms. The highest BCUT2D eigenvalue weighted by atomic mass is 28.3. The number of hydrogen-bond donors (Lipinski definition) is 2. The summed E-state index contributed by atoms with van der Waals surface area (Å²) in [5.74, 6) is 0. The maximum atomic E-state index is 8.19. The lowest BCUT2D eigenvalue weighted by Crippen LogP contribution is -1.93. The van der Waals surface area contributed by atoms with Crippen LogP contribution in [-0.2, 0) is 0 Å². The van der Waals surface area contributed by atoms with E-state index in [-0.39, 0.29) is 8.80 Å². The minimum Gasteiger partial charge on any atom is -0.438 e.